The van der Waals surface area contributed by atoms with Gasteiger partial charge in [0.1, 0.15) is 12.4 Å². The lowest BCUT2D eigenvalue weighted by atomic mass is 10.1. The fourth-order valence-electron chi connectivity index (χ4n) is 2.98. The topological polar surface area (TPSA) is 48.2 Å². The Labute approximate surface area is 176 Å². The van der Waals surface area contributed by atoms with Gasteiger partial charge in [-0.15, -0.1) is 0 Å². The van der Waals surface area contributed by atoms with Crippen molar-refractivity contribution in [3.63, 3.8) is 0 Å². The molecule has 0 aromatic heterocycles. The van der Waals surface area contributed by atoms with Crippen molar-refractivity contribution in [2.75, 3.05) is 13.6 Å². The molecule has 0 fully saturated rings. The molecule has 0 amide bonds. The molecule has 1 aliphatic heterocycles. The maximum atomic E-state index is 10.5. The summed E-state index contributed by atoms with van der Waals surface area (Å²) in [5.41, 5.74) is 4.23. The number of hydrogen-bond acceptors (Lipinski definition) is 3. The third-order valence-corrected chi connectivity index (χ3v) is 4.77. The maximum Gasteiger partial charge on any atom is 0.145 e. The minimum atomic E-state index is 0.229. The molecule has 4 nitrogen and oxygen atoms in total. The summed E-state index contributed by atoms with van der Waals surface area (Å²) in [5.74, 6) is 0.562. The number of benzene rings is 3. The van der Waals surface area contributed by atoms with Gasteiger partial charge >= 0.3 is 0 Å². The molecule has 0 spiro atoms. The van der Waals surface area contributed by atoms with E-state index < -0.39 is 0 Å². The van der Waals surface area contributed by atoms with Gasteiger partial charge in [0.05, 0.1) is 11.1 Å². The quantitative estimate of drug-likeness (QED) is 0.661. The number of aliphatic imine (C=N–C) groups is 1. The highest BCUT2D eigenvalue weighted by atomic mass is 35.5. The third kappa shape index (κ3) is 5.31. The van der Waals surface area contributed by atoms with Crippen LogP contribution in [0.25, 0.3) is 5.70 Å². The third-order valence-electron chi connectivity index (χ3n) is 4.54. The van der Waals surface area contributed by atoms with Crippen LogP contribution in [0.3, 0.4) is 0 Å². The summed E-state index contributed by atoms with van der Waals surface area (Å²) < 4.78 is 0. The molecule has 5 heteroatoms. The Morgan fingerprint density at radius 1 is 0.931 bits per heavy atom. The van der Waals surface area contributed by atoms with E-state index in [1.54, 1.807) is 13.1 Å². The Morgan fingerprint density at radius 2 is 1.55 bits per heavy atom. The summed E-state index contributed by atoms with van der Waals surface area (Å²) in [6.45, 7) is 4.42. The Balaban J connectivity index is 0.000000252. The lowest BCUT2D eigenvalue weighted by molar-refractivity contribution is -0.0119. The Kier molecular flexibility index (Phi) is 6.81. The highest BCUT2D eigenvalue weighted by Gasteiger charge is 2.17. The minimum absolute atomic E-state index is 0.229. The Bertz CT molecular complexity index is 1100. The molecule has 3 aromatic rings. The molecular formula is C24H24ClN3O. The fraction of sp³-hybridized carbons (Fsp3) is 0.167. The van der Waals surface area contributed by atoms with Gasteiger partial charge in [0.15, 0.2) is 0 Å². The van der Waals surface area contributed by atoms with E-state index >= 15 is 0 Å². The van der Waals surface area contributed by atoms with Crippen molar-refractivity contribution in [2.45, 2.75) is 13.8 Å². The summed E-state index contributed by atoms with van der Waals surface area (Å²) in [6.07, 6.45) is 0. The molecule has 1 aliphatic rings. The maximum absolute atomic E-state index is 10.5. The van der Waals surface area contributed by atoms with Crippen LogP contribution < -0.4 is 10.6 Å². The van der Waals surface area contributed by atoms with Gasteiger partial charge in [-0.25, -0.2) is 10.1 Å². The molecule has 0 saturated heterocycles. The highest BCUT2D eigenvalue weighted by molar-refractivity contribution is 6.30. The molecule has 3 aromatic carbocycles. The van der Waals surface area contributed by atoms with Crippen molar-refractivity contribution in [3.8, 4) is 0 Å². The zero-order valence-electron chi connectivity index (χ0n) is 16.8. The van der Waals surface area contributed by atoms with Gasteiger partial charge in [0.25, 0.3) is 0 Å². The van der Waals surface area contributed by atoms with Crippen molar-refractivity contribution in [1.29, 1.82) is 0 Å². The molecule has 0 bridgehead atoms. The van der Waals surface area contributed by atoms with Gasteiger partial charge in [-0.2, -0.15) is 0 Å². The summed E-state index contributed by atoms with van der Waals surface area (Å²) in [7, 11) is 1.66. The predicted octanol–water partition coefficient (Wildman–Crippen LogP) is 4.15. The van der Waals surface area contributed by atoms with Crippen molar-refractivity contribution in [2.24, 2.45) is 9.98 Å². The molecule has 148 valence electrons. The molecule has 0 aliphatic carbocycles. The number of fused-ring (bicyclic) bond motifs is 1. The summed E-state index contributed by atoms with van der Waals surface area (Å²) in [6, 6.07) is 23.6. The normalized spacial score (nSPS) is 14.4. The number of nitrogens with zero attached hydrogens (tertiary/aromatic N) is 3. The van der Waals surface area contributed by atoms with Crippen LogP contribution in [0, 0.1) is 13.8 Å². The smallest absolute Gasteiger partial charge is 0.145 e. The molecule has 0 unspecified atom stereocenters. The van der Waals surface area contributed by atoms with Gasteiger partial charge in [0, 0.05) is 22.9 Å². The molecule has 0 atom stereocenters. The number of halogens is 1. The van der Waals surface area contributed by atoms with Crippen LogP contribution in [0.15, 0.2) is 82.8 Å². The highest BCUT2D eigenvalue weighted by Crippen LogP contribution is 2.15. The second-order valence-corrected chi connectivity index (χ2v) is 7.28. The second kappa shape index (κ2) is 9.50. The number of hydrogen-bond donors (Lipinski definition) is 1. The second-order valence-electron chi connectivity index (χ2n) is 6.84. The molecule has 1 N–H and O–H groups in total. The Hall–Kier alpha value is -2.95. The van der Waals surface area contributed by atoms with Crippen LogP contribution in [0.4, 0.5) is 0 Å². The van der Waals surface area contributed by atoms with Gasteiger partial charge in [-0.05, 0) is 32.0 Å². The standard InChI is InChI=1S/C16H14ClN3O.C8H10/c1-18-15-10-20(21)16(11-5-3-2-4-6-11)13-9-12(17)7-8-14(13)19-15;1-7-3-5-8(2)6-4-7/h2-9,21H,10H2,1H3;3-6H,1-2H3. The monoisotopic (exact) mass is 405 g/mol. The number of aryl methyl sites for hydroxylation is 2. The average molecular weight is 406 g/mol. The van der Waals surface area contributed by atoms with Gasteiger partial charge in [-0.3, -0.25) is 10.2 Å². The zero-order valence-corrected chi connectivity index (χ0v) is 17.6. The van der Waals surface area contributed by atoms with Crippen LogP contribution in [0.2, 0.25) is 5.02 Å². The molecular weight excluding hydrogens is 382 g/mol. The fourth-order valence-corrected chi connectivity index (χ4v) is 3.15. The lowest BCUT2D eigenvalue weighted by Gasteiger charge is -2.19. The van der Waals surface area contributed by atoms with E-state index in [0.717, 1.165) is 16.1 Å². The summed E-state index contributed by atoms with van der Waals surface area (Å²) in [5, 5.41) is 13.8. The van der Waals surface area contributed by atoms with Gasteiger partial charge < -0.3 is 0 Å². The van der Waals surface area contributed by atoms with E-state index in [1.807, 2.05) is 42.5 Å². The van der Waals surface area contributed by atoms with E-state index in [0.29, 0.717) is 16.6 Å². The first-order chi connectivity index (χ1) is 14.0. The van der Waals surface area contributed by atoms with Crippen LogP contribution in [-0.4, -0.2) is 29.7 Å². The summed E-state index contributed by atoms with van der Waals surface area (Å²) >= 11 is 6.12. The van der Waals surface area contributed by atoms with Crippen LogP contribution in [-0.2, 0) is 0 Å². The lowest BCUT2D eigenvalue weighted by Crippen LogP contribution is -2.31. The van der Waals surface area contributed by atoms with Crippen LogP contribution >= 0.6 is 11.6 Å². The SMILES string of the molecule is CN=C1CN(O)C(c2ccccc2)=c2cc(Cl)ccc2=N1.Cc1ccc(C)cc1. The zero-order chi connectivity index (χ0) is 20.8. The number of rotatable bonds is 1. The average Bonchev–Trinajstić information content (AvgIpc) is 2.86. The van der Waals surface area contributed by atoms with E-state index in [-0.39, 0.29) is 6.54 Å². The van der Waals surface area contributed by atoms with Crippen molar-refractivity contribution < 1.29 is 5.21 Å². The molecule has 0 radical (unpaired) electrons. The molecule has 0 saturated carbocycles. The first-order valence-corrected chi connectivity index (χ1v) is 9.75. The van der Waals surface area contributed by atoms with E-state index in [4.69, 9.17) is 11.6 Å². The van der Waals surface area contributed by atoms with E-state index in [9.17, 15) is 5.21 Å². The van der Waals surface area contributed by atoms with Crippen molar-refractivity contribution in [1.82, 2.24) is 5.06 Å². The number of hydroxylamine groups is 2. The van der Waals surface area contributed by atoms with E-state index in [2.05, 4.69) is 48.1 Å². The van der Waals surface area contributed by atoms with Crippen LogP contribution in [0.1, 0.15) is 16.7 Å². The molecule has 4 rings (SSSR count). The first-order valence-electron chi connectivity index (χ1n) is 9.37. The molecule has 1 heterocycles. The van der Waals surface area contributed by atoms with Gasteiger partial charge in [0.2, 0.25) is 0 Å². The number of amidine groups is 1. The van der Waals surface area contributed by atoms with Crippen molar-refractivity contribution >= 4 is 23.1 Å². The Morgan fingerprint density at radius 3 is 2.14 bits per heavy atom. The molecule has 29 heavy (non-hydrogen) atoms. The summed E-state index contributed by atoms with van der Waals surface area (Å²) in [4.78, 5) is 8.60. The predicted molar refractivity (Wildman–Crippen MR) is 119 cm³/mol. The van der Waals surface area contributed by atoms with Crippen molar-refractivity contribution in [3.05, 3.63) is 105 Å². The van der Waals surface area contributed by atoms with Gasteiger partial charge in [-0.1, -0.05) is 77.3 Å². The van der Waals surface area contributed by atoms with Crippen LogP contribution in [0.5, 0.6) is 0 Å². The van der Waals surface area contributed by atoms with E-state index in [1.165, 1.54) is 16.2 Å². The minimum Gasteiger partial charge on any atom is -0.288 e. The largest absolute Gasteiger partial charge is 0.288 e. The first kappa shape index (κ1) is 20.8.